The van der Waals surface area contributed by atoms with Crippen molar-refractivity contribution in [3.8, 4) is 10.6 Å². The standard InChI is InChI=1S/C14H15NO3S/c1-17-8-10-5-3-4-6-12(10)14-15-11(9-19-14)7-13(16)18-2/h3-6,9H,7-8H2,1-2H3. The van der Waals surface area contributed by atoms with Gasteiger partial charge in [-0.2, -0.15) is 0 Å². The Morgan fingerprint density at radius 3 is 2.84 bits per heavy atom. The molecule has 0 spiro atoms. The minimum Gasteiger partial charge on any atom is -0.469 e. The Kier molecular flexibility index (Phi) is 4.65. The maximum absolute atomic E-state index is 11.2. The molecule has 0 saturated heterocycles. The normalized spacial score (nSPS) is 10.4. The van der Waals surface area contributed by atoms with E-state index in [-0.39, 0.29) is 12.4 Å². The molecule has 4 nitrogen and oxygen atoms in total. The lowest BCUT2D eigenvalue weighted by atomic mass is 10.1. The molecule has 0 N–H and O–H groups in total. The van der Waals surface area contributed by atoms with E-state index in [0.29, 0.717) is 6.61 Å². The number of carbonyl (C=O) groups excluding carboxylic acids is 1. The molecular formula is C14H15NO3S. The van der Waals surface area contributed by atoms with Crippen LogP contribution in [0.4, 0.5) is 0 Å². The van der Waals surface area contributed by atoms with Gasteiger partial charge in [0.05, 0.1) is 25.8 Å². The van der Waals surface area contributed by atoms with Gasteiger partial charge >= 0.3 is 5.97 Å². The highest BCUT2D eigenvalue weighted by Crippen LogP contribution is 2.27. The van der Waals surface area contributed by atoms with Crippen LogP contribution in [0.2, 0.25) is 0 Å². The Bertz CT molecular complexity index is 565. The average Bonchev–Trinajstić information content (AvgIpc) is 2.88. The van der Waals surface area contributed by atoms with Crippen molar-refractivity contribution >= 4 is 17.3 Å². The lowest BCUT2D eigenvalue weighted by molar-refractivity contribution is -0.139. The number of aromatic nitrogens is 1. The third kappa shape index (κ3) is 3.39. The van der Waals surface area contributed by atoms with Gasteiger partial charge in [0.15, 0.2) is 0 Å². The number of methoxy groups -OCH3 is 2. The van der Waals surface area contributed by atoms with E-state index in [2.05, 4.69) is 9.72 Å². The predicted molar refractivity (Wildman–Crippen MR) is 74.0 cm³/mol. The number of benzene rings is 1. The number of carbonyl (C=O) groups is 1. The van der Waals surface area contributed by atoms with E-state index in [9.17, 15) is 4.79 Å². The van der Waals surface area contributed by atoms with E-state index in [1.807, 2.05) is 29.6 Å². The van der Waals surface area contributed by atoms with Crippen molar-refractivity contribution in [1.82, 2.24) is 4.98 Å². The SMILES string of the molecule is COCc1ccccc1-c1nc(CC(=O)OC)cs1. The molecule has 2 aromatic rings. The average molecular weight is 277 g/mol. The molecule has 0 atom stereocenters. The van der Waals surface area contributed by atoms with E-state index in [1.54, 1.807) is 7.11 Å². The first kappa shape index (κ1) is 13.7. The summed E-state index contributed by atoms with van der Waals surface area (Å²) in [6.07, 6.45) is 0.208. The Morgan fingerprint density at radius 1 is 1.32 bits per heavy atom. The van der Waals surface area contributed by atoms with Crippen LogP contribution in [0.1, 0.15) is 11.3 Å². The fourth-order valence-electron chi connectivity index (χ4n) is 1.74. The molecule has 100 valence electrons. The van der Waals surface area contributed by atoms with Gasteiger partial charge < -0.3 is 9.47 Å². The maximum Gasteiger partial charge on any atom is 0.311 e. The Morgan fingerprint density at radius 2 is 2.11 bits per heavy atom. The number of hydrogen-bond acceptors (Lipinski definition) is 5. The first-order valence-corrected chi connectivity index (χ1v) is 6.71. The third-order valence-corrected chi connectivity index (χ3v) is 3.58. The molecule has 0 saturated carbocycles. The molecule has 2 rings (SSSR count). The van der Waals surface area contributed by atoms with Gasteiger partial charge in [0.25, 0.3) is 0 Å². The van der Waals surface area contributed by atoms with Gasteiger partial charge in [-0.25, -0.2) is 4.98 Å². The summed E-state index contributed by atoms with van der Waals surface area (Å²) in [7, 11) is 3.05. The molecule has 1 heterocycles. The smallest absolute Gasteiger partial charge is 0.311 e. The fraction of sp³-hybridized carbons (Fsp3) is 0.286. The molecule has 0 fully saturated rings. The van der Waals surface area contributed by atoms with Crippen molar-refractivity contribution in [3.05, 3.63) is 40.9 Å². The van der Waals surface area contributed by atoms with Crippen LogP contribution in [0.25, 0.3) is 10.6 Å². The predicted octanol–water partition coefficient (Wildman–Crippen LogP) is 2.67. The van der Waals surface area contributed by atoms with Crippen molar-refractivity contribution in [3.63, 3.8) is 0 Å². The molecule has 0 aliphatic heterocycles. The number of thiazole rings is 1. The largest absolute Gasteiger partial charge is 0.469 e. The minimum atomic E-state index is -0.276. The lowest BCUT2D eigenvalue weighted by Crippen LogP contribution is -2.04. The maximum atomic E-state index is 11.2. The van der Waals surface area contributed by atoms with Crippen LogP contribution < -0.4 is 0 Å². The second kappa shape index (κ2) is 6.45. The van der Waals surface area contributed by atoms with Crippen LogP contribution in [0.5, 0.6) is 0 Å². The van der Waals surface area contributed by atoms with Crippen LogP contribution in [0.3, 0.4) is 0 Å². The number of nitrogens with zero attached hydrogens (tertiary/aromatic N) is 1. The molecule has 5 heteroatoms. The van der Waals surface area contributed by atoms with Gasteiger partial charge in [0.1, 0.15) is 5.01 Å². The summed E-state index contributed by atoms with van der Waals surface area (Å²) in [4.78, 5) is 15.7. The molecule has 0 aliphatic rings. The summed E-state index contributed by atoms with van der Waals surface area (Å²) < 4.78 is 9.82. The number of esters is 1. The van der Waals surface area contributed by atoms with E-state index in [0.717, 1.165) is 21.8 Å². The molecule has 1 aromatic carbocycles. The Labute approximate surface area is 116 Å². The van der Waals surface area contributed by atoms with Crippen LogP contribution in [0.15, 0.2) is 29.6 Å². The van der Waals surface area contributed by atoms with Gasteiger partial charge in [0, 0.05) is 18.1 Å². The molecule has 0 radical (unpaired) electrons. The highest BCUT2D eigenvalue weighted by Gasteiger charge is 2.11. The van der Waals surface area contributed by atoms with Gasteiger partial charge in [0.2, 0.25) is 0 Å². The van der Waals surface area contributed by atoms with Crippen LogP contribution in [-0.4, -0.2) is 25.2 Å². The summed E-state index contributed by atoms with van der Waals surface area (Å²) in [6.45, 7) is 0.544. The van der Waals surface area contributed by atoms with Crippen molar-refractivity contribution < 1.29 is 14.3 Å². The molecule has 0 amide bonds. The summed E-state index contributed by atoms with van der Waals surface area (Å²) in [5.74, 6) is -0.276. The number of ether oxygens (including phenoxy) is 2. The topological polar surface area (TPSA) is 48.4 Å². The van der Waals surface area contributed by atoms with E-state index >= 15 is 0 Å². The lowest BCUT2D eigenvalue weighted by Gasteiger charge is -2.05. The molecule has 19 heavy (non-hydrogen) atoms. The highest BCUT2D eigenvalue weighted by atomic mass is 32.1. The van der Waals surface area contributed by atoms with Gasteiger partial charge in [-0.3, -0.25) is 4.79 Å². The first-order chi connectivity index (χ1) is 9.24. The zero-order valence-corrected chi connectivity index (χ0v) is 11.7. The van der Waals surface area contributed by atoms with Crippen LogP contribution in [-0.2, 0) is 27.3 Å². The highest BCUT2D eigenvalue weighted by molar-refractivity contribution is 7.13. The number of hydrogen-bond donors (Lipinski definition) is 0. The van der Waals surface area contributed by atoms with Crippen LogP contribution in [0, 0.1) is 0 Å². The number of rotatable bonds is 5. The molecule has 0 bridgehead atoms. The van der Waals surface area contributed by atoms with E-state index in [4.69, 9.17) is 4.74 Å². The zero-order valence-electron chi connectivity index (χ0n) is 10.9. The van der Waals surface area contributed by atoms with Gasteiger partial charge in [-0.15, -0.1) is 11.3 Å². The van der Waals surface area contributed by atoms with Gasteiger partial charge in [-0.1, -0.05) is 24.3 Å². The first-order valence-electron chi connectivity index (χ1n) is 5.83. The molecular weight excluding hydrogens is 262 g/mol. The summed E-state index contributed by atoms with van der Waals surface area (Å²) in [6, 6.07) is 7.96. The second-order valence-corrected chi connectivity index (χ2v) is 4.85. The second-order valence-electron chi connectivity index (χ2n) is 3.99. The molecule has 0 unspecified atom stereocenters. The van der Waals surface area contributed by atoms with E-state index < -0.39 is 0 Å². The Hall–Kier alpha value is -1.72. The fourth-order valence-corrected chi connectivity index (χ4v) is 2.62. The zero-order chi connectivity index (χ0) is 13.7. The Balaban J connectivity index is 2.25. The summed E-state index contributed by atoms with van der Waals surface area (Å²) in [5.41, 5.74) is 2.87. The van der Waals surface area contributed by atoms with Crippen molar-refractivity contribution in [2.75, 3.05) is 14.2 Å². The van der Waals surface area contributed by atoms with Crippen LogP contribution >= 0.6 is 11.3 Å². The van der Waals surface area contributed by atoms with E-state index in [1.165, 1.54) is 18.4 Å². The minimum absolute atomic E-state index is 0.208. The van der Waals surface area contributed by atoms with Crippen molar-refractivity contribution in [2.45, 2.75) is 13.0 Å². The van der Waals surface area contributed by atoms with Gasteiger partial charge in [-0.05, 0) is 5.56 Å². The molecule has 1 aromatic heterocycles. The molecule has 0 aliphatic carbocycles. The van der Waals surface area contributed by atoms with Crippen molar-refractivity contribution in [2.24, 2.45) is 0 Å². The summed E-state index contributed by atoms with van der Waals surface area (Å²) >= 11 is 1.52. The quantitative estimate of drug-likeness (QED) is 0.788. The third-order valence-electron chi connectivity index (χ3n) is 2.65. The monoisotopic (exact) mass is 277 g/mol. The van der Waals surface area contributed by atoms with Crippen molar-refractivity contribution in [1.29, 1.82) is 0 Å². The summed E-state index contributed by atoms with van der Waals surface area (Å²) in [5, 5.41) is 2.78.